The monoisotopic (exact) mass is 268 g/mol. The fourth-order valence-electron chi connectivity index (χ4n) is 1.47. The Bertz CT molecular complexity index is 384. The zero-order valence-corrected chi connectivity index (χ0v) is 12.1. The van der Waals surface area contributed by atoms with Crippen molar-refractivity contribution in [3.8, 4) is 0 Å². The lowest BCUT2D eigenvalue weighted by Gasteiger charge is -2.21. The Morgan fingerprint density at radius 1 is 1.37 bits per heavy atom. The Hall–Kier alpha value is -1.44. The second kappa shape index (κ2) is 7.88. The van der Waals surface area contributed by atoms with Crippen LogP contribution >= 0.6 is 0 Å². The molecule has 108 valence electrons. The first-order chi connectivity index (χ1) is 9.06. The number of nitrogens with zero attached hydrogens (tertiary/aromatic N) is 3. The molecule has 0 unspecified atom stereocenters. The van der Waals surface area contributed by atoms with Crippen LogP contribution in [0.1, 0.15) is 19.7 Å². The molecule has 0 amide bonds. The molecule has 19 heavy (non-hydrogen) atoms. The SMILES string of the molecule is COCc1nc(NN)cc(NCCN(C)C(C)C)n1. The van der Waals surface area contributed by atoms with Gasteiger partial charge in [0.25, 0.3) is 0 Å². The van der Waals surface area contributed by atoms with Crippen molar-refractivity contribution in [1.29, 1.82) is 0 Å². The molecule has 0 fully saturated rings. The van der Waals surface area contributed by atoms with Gasteiger partial charge in [0, 0.05) is 32.3 Å². The van der Waals surface area contributed by atoms with Crippen molar-refractivity contribution in [3.63, 3.8) is 0 Å². The number of anilines is 2. The largest absolute Gasteiger partial charge is 0.377 e. The van der Waals surface area contributed by atoms with Crippen molar-refractivity contribution in [2.24, 2.45) is 5.84 Å². The van der Waals surface area contributed by atoms with Crippen LogP contribution in [0.2, 0.25) is 0 Å². The Morgan fingerprint density at radius 2 is 2.05 bits per heavy atom. The minimum Gasteiger partial charge on any atom is -0.377 e. The summed E-state index contributed by atoms with van der Waals surface area (Å²) in [5, 5.41) is 3.26. The lowest BCUT2D eigenvalue weighted by molar-refractivity contribution is 0.178. The first-order valence-electron chi connectivity index (χ1n) is 6.34. The Morgan fingerprint density at radius 3 is 2.63 bits per heavy atom. The normalized spacial score (nSPS) is 11.1. The highest BCUT2D eigenvalue weighted by Crippen LogP contribution is 2.10. The van der Waals surface area contributed by atoms with Crippen LogP contribution in [0.25, 0.3) is 0 Å². The molecule has 0 aliphatic carbocycles. The highest BCUT2D eigenvalue weighted by molar-refractivity contribution is 5.46. The number of likely N-dealkylation sites (N-methyl/N-ethyl adjacent to an activating group) is 1. The highest BCUT2D eigenvalue weighted by Gasteiger charge is 2.05. The zero-order chi connectivity index (χ0) is 14.3. The summed E-state index contributed by atoms with van der Waals surface area (Å²) in [6.45, 7) is 6.43. The molecule has 1 rings (SSSR count). The number of ether oxygens (including phenoxy) is 1. The topological polar surface area (TPSA) is 88.3 Å². The third-order valence-corrected chi connectivity index (χ3v) is 2.85. The molecule has 0 saturated heterocycles. The smallest absolute Gasteiger partial charge is 0.158 e. The Labute approximate surface area is 114 Å². The van der Waals surface area contributed by atoms with E-state index in [-0.39, 0.29) is 0 Å². The van der Waals surface area contributed by atoms with Crippen molar-refractivity contribution in [2.45, 2.75) is 26.5 Å². The average molecular weight is 268 g/mol. The Balaban J connectivity index is 2.59. The van der Waals surface area contributed by atoms with E-state index < -0.39 is 0 Å². The van der Waals surface area contributed by atoms with E-state index in [1.807, 2.05) is 0 Å². The number of rotatable bonds is 8. The third kappa shape index (κ3) is 5.37. The number of nitrogens with one attached hydrogen (secondary N) is 2. The summed E-state index contributed by atoms with van der Waals surface area (Å²) in [5.74, 6) is 7.29. The van der Waals surface area contributed by atoms with E-state index in [2.05, 4.69) is 46.5 Å². The molecule has 7 heteroatoms. The van der Waals surface area contributed by atoms with Crippen molar-refractivity contribution >= 4 is 11.6 Å². The van der Waals surface area contributed by atoms with Gasteiger partial charge in [-0.25, -0.2) is 15.8 Å². The van der Waals surface area contributed by atoms with Gasteiger partial charge in [0.15, 0.2) is 5.82 Å². The number of hydrazine groups is 1. The summed E-state index contributed by atoms with van der Waals surface area (Å²) in [6.07, 6.45) is 0. The molecule has 0 spiro atoms. The highest BCUT2D eigenvalue weighted by atomic mass is 16.5. The van der Waals surface area contributed by atoms with E-state index in [4.69, 9.17) is 10.6 Å². The summed E-state index contributed by atoms with van der Waals surface area (Å²) >= 11 is 0. The second-order valence-electron chi connectivity index (χ2n) is 4.63. The molecule has 0 bridgehead atoms. The van der Waals surface area contributed by atoms with Crippen LogP contribution in [-0.4, -0.2) is 48.2 Å². The van der Waals surface area contributed by atoms with E-state index in [0.29, 0.717) is 24.3 Å². The minimum absolute atomic E-state index is 0.357. The molecule has 0 aliphatic rings. The lowest BCUT2D eigenvalue weighted by Crippen LogP contribution is -2.31. The van der Waals surface area contributed by atoms with E-state index in [1.54, 1.807) is 13.2 Å². The molecule has 1 heterocycles. The van der Waals surface area contributed by atoms with Gasteiger partial charge < -0.3 is 20.4 Å². The number of hydrogen-bond acceptors (Lipinski definition) is 7. The molecular weight excluding hydrogens is 244 g/mol. The maximum atomic E-state index is 5.38. The summed E-state index contributed by atoms with van der Waals surface area (Å²) in [5.41, 5.74) is 2.53. The fraction of sp³-hybridized carbons (Fsp3) is 0.667. The molecule has 1 aromatic rings. The number of nitrogens with two attached hydrogens (primary N) is 1. The molecule has 0 radical (unpaired) electrons. The van der Waals surface area contributed by atoms with E-state index >= 15 is 0 Å². The average Bonchev–Trinajstić information content (AvgIpc) is 2.38. The molecular formula is C12H24N6O. The van der Waals surface area contributed by atoms with Crippen LogP contribution in [0.3, 0.4) is 0 Å². The number of methoxy groups -OCH3 is 1. The molecule has 7 nitrogen and oxygen atoms in total. The summed E-state index contributed by atoms with van der Waals surface area (Å²) in [7, 11) is 3.70. The maximum absolute atomic E-state index is 5.38. The summed E-state index contributed by atoms with van der Waals surface area (Å²) < 4.78 is 5.03. The van der Waals surface area contributed by atoms with Crippen LogP contribution in [0.15, 0.2) is 6.07 Å². The van der Waals surface area contributed by atoms with Crippen LogP contribution in [0, 0.1) is 0 Å². The van der Waals surface area contributed by atoms with Gasteiger partial charge in [0.05, 0.1) is 0 Å². The van der Waals surface area contributed by atoms with Gasteiger partial charge in [-0.15, -0.1) is 0 Å². The standard InChI is InChI=1S/C12H24N6O/c1-9(2)18(3)6-5-14-10-7-11(17-13)16-12(15-10)8-19-4/h7,9H,5-6,8,13H2,1-4H3,(H2,14,15,16,17). The summed E-state index contributed by atoms with van der Waals surface area (Å²) in [6, 6.07) is 2.30. The predicted octanol–water partition coefficient (Wildman–Crippen LogP) is 0.661. The van der Waals surface area contributed by atoms with Gasteiger partial charge >= 0.3 is 0 Å². The quantitative estimate of drug-likeness (QED) is 0.471. The third-order valence-electron chi connectivity index (χ3n) is 2.85. The van der Waals surface area contributed by atoms with Crippen LogP contribution in [-0.2, 0) is 11.3 Å². The molecule has 0 aliphatic heterocycles. The summed E-state index contributed by atoms with van der Waals surface area (Å²) in [4.78, 5) is 10.8. The molecule has 0 saturated carbocycles. The predicted molar refractivity (Wildman–Crippen MR) is 76.8 cm³/mol. The molecule has 1 aromatic heterocycles. The Kier molecular flexibility index (Phi) is 6.48. The van der Waals surface area contributed by atoms with Gasteiger partial charge in [-0.2, -0.15) is 0 Å². The second-order valence-corrected chi connectivity index (χ2v) is 4.63. The number of nitrogen functional groups attached to an aromatic ring is 1. The van der Waals surface area contributed by atoms with E-state index in [9.17, 15) is 0 Å². The van der Waals surface area contributed by atoms with Crippen LogP contribution < -0.4 is 16.6 Å². The van der Waals surface area contributed by atoms with Crippen molar-refractivity contribution < 1.29 is 4.74 Å². The molecule has 0 atom stereocenters. The lowest BCUT2D eigenvalue weighted by atomic mass is 10.3. The van der Waals surface area contributed by atoms with Crippen molar-refractivity contribution in [1.82, 2.24) is 14.9 Å². The molecule has 4 N–H and O–H groups in total. The van der Waals surface area contributed by atoms with Crippen molar-refractivity contribution in [2.75, 3.05) is 38.0 Å². The first-order valence-corrected chi connectivity index (χ1v) is 6.34. The van der Waals surface area contributed by atoms with Gasteiger partial charge in [0.2, 0.25) is 0 Å². The van der Waals surface area contributed by atoms with Crippen LogP contribution in [0.4, 0.5) is 11.6 Å². The van der Waals surface area contributed by atoms with Crippen LogP contribution in [0.5, 0.6) is 0 Å². The van der Waals surface area contributed by atoms with Gasteiger partial charge in [-0.1, -0.05) is 0 Å². The van der Waals surface area contributed by atoms with Gasteiger partial charge in [-0.05, 0) is 20.9 Å². The van der Waals surface area contributed by atoms with Gasteiger partial charge in [-0.3, -0.25) is 0 Å². The first kappa shape index (κ1) is 15.6. The zero-order valence-electron chi connectivity index (χ0n) is 12.1. The minimum atomic E-state index is 0.357. The van der Waals surface area contributed by atoms with E-state index in [0.717, 1.165) is 18.9 Å². The van der Waals surface area contributed by atoms with Crippen molar-refractivity contribution in [3.05, 3.63) is 11.9 Å². The number of hydrogen-bond donors (Lipinski definition) is 3. The number of aromatic nitrogens is 2. The maximum Gasteiger partial charge on any atom is 0.158 e. The molecule has 0 aromatic carbocycles. The van der Waals surface area contributed by atoms with Gasteiger partial charge in [0.1, 0.15) is 18.2 Å². The fourth-order valence-corrected chi connectivity index (χ4v) is 1.47. The van der Waals surface area contributed by atoms with E-state index in [1.165, 1.54) is 0 Å².